The lowest BCUT2D eigenvalue weighted by atomic mass is 9.98. The van der Waals surface area contributed by atoms with Crippen LogP contribution in [0.15, 0.2) is 65.3 Å². The smallest absolute Gasteiger partial charge is 0.106 e. The van der Waals surface area contributed by atoms with Crippen molar-refractivity contribution in [3.05, 3.63) is 87.9 Å². The fourth-order valence-electron chi connectivity index (χ4n) is 2.61. The normalized spacial score (nSPS) is 12.3. The Bertz CT molecular complexity index is 717. The molecule has 3 aromatic rings. The van der Waals surface area contributed by atoms with E-state index in [0.29, 0.717) is 5.92 Å². The van der Waals surface area contributed by atoms with Crippen molar-refractivity contribution in [1.29, 1.82) is 0 Å². The Morgan fingerprint density at radius 2 is 1.77 bits per heavy atom. The summed E-state index contributed by atoms with van der Waals surface area (Å²) >= 11 is 3.46. The number of aromatic nitrogens is 2. The molecule has 0 aliphatic heterocycles. The summed E-state index contributed by atoms with van der Waals surface area (Å²) in [7, 11) is 0. The third-order valence-corrected chi connectivity index (χ3v) is 4.39. The van der Waals surface area contributed by atoms with Crippen LogP contribution in [-0.4, -0.2) is 9.97 Å². The Morgan fingerprint density at radius 3 is 2.50 bits per heavy atom. The zero-order valence-corrected chi connectivity index (χ0v) is 14.2. The van der Waals surface area contributed by atoms with Crippen molar-refractivity contribution in [2.45, 2.75) is 25.7 Å². The van der Waals surface area contributed by atoms with Crippen LogP contribution in [0.5, 0.6) is 0 Å². The van der Waals surface area contributed by atoms with Crippen molar-refractivity contribution in [2.24, 2.45) is 0 Å². The molecule has 1 heterocycles. The molecule has 0 bridgehead atoms. The highest BCUT2D eigenvalue weighted by atomic mass is 79.9. The summed E-state index contributed by atoms with van der Waals surface area (Å²) in [5.74, 6) is 1.52. The van der Waals surface area contributed by atoms with E-state index in [1.165, 1.54) is 11.1 Å². The lowest BCUT2D eigenvalue weighted by Gasteiger charge is -2.09. The fourth-order valence-corrected chi connectivity index (χ4v) is 2.88. The Kier molecular flexibility index (Phi) is 4.74. The first-order chi connectivity index (χ1) is 10.7. The maximum atomic E-state index is 4.53. The molecule has 3 heteroatoms. The number of aromatic amines is 1. The molecule has 0 amide bonds. The molecule has 0 aliphatic carbocycles. The van der Waals surface area contributed by atoms with E-state index >= 15 is 0 Å². The molecule has 1 atom stereocenters. The number of H-pyrrole nitrogens is 1. The molecule has 1 N–H and O–H groups in total. The maximum Gasteiger partial charge on any atom is 0.106 e. The lowest BCUT2D eigenvalue weighted by molar-refractivity contribution is 0.725. The van der Waals surface area contributed by atoms with Gasteiger partial charge in [-0.05, 0) is 29.2 Å². The Morgan fingerprint density at radius 1 is 1.05 bits per heavy atom. The van der Waals surface area contributed by atoms with Gasteiger partial charge in [-0.15, -0.1) is 0 Å². The summed E-state index contributed by atoms with van der Waals surface area (Å²) in [6.45, 7) is 2.24. The number of hydrogen-bond acceptors (Lipinski definition) is 1. The van der Waals surface area contributed by atoms with Crippen LogP contribution >= 0.6 is 15.9 Å². The molecule has 3 rings (SSSR count). The second kappa shape index (κ2) is 6.93. The molecule has 112 valence electrons. The minimum atomic E-state index is 0.466. The van der Waals surface area contributed by atoms with Gasteiger partial charge in [-0.25, -0.2) is 4.98 Å². The average molecular weight is 355 g/mol. The maximum absolute atomic E-state index is 4.53. The summed E-state index contributed by atoms with van der Waals surface area (Å²) in [5.41, 5.74) is 3.81. The van der Waals surface area contributed by atoms with Crippen LogP contribution in [0, 0.1) is 0 Å². The lowest BCUT2D eigenvalue weighted by Crippen LogP contribution is -2.00. The molecule has 0 saturated heterocycles. The van der Waals surface area contributed by atoms with Gasteiger partial charge in [-0.3, -0.25) is 0 Å². The van der Waals surface area contributed by atoms with Crippen molar-refractivity contribution < 1.29 is 0 Å². The summed E-state index contributed by atoms with van der Waals surface area (Å²) in [6.07, 6.45) is 3.78. The zero-order chi connectivity index (χ0) is 15.4. The van der Waals surface area contributed by atoms with E-state index < -0.39 is 0 Å². The van der Waals surface area contributed by atoms with Gasteiger partial charge in [-0.2, -0.15) is 0 Å². The SMILES string of the molecule is CC(Cc1ncc(Cc2ccc(Br)cc2)[nH]1)c1ccccc1. The van der Waals surface area contributed by atoms with Gasteiger partial charge in [0.05, 0.1) is 0 Å². The molecule has 22 heavy (non-hydrogen) atoms. The number of nitrogens with one attached hydrogen (secondary N) is 1. The van der Waals surface area contributed by atoms with Gasteiger partial charge >= 0.3 is 0 Å². The molecule has 0 radical (unpaired) electrons. The molecule has 0 fully saturated rings. The van der Waals surface area contributed by atoms with Crippen molar-refractivity contribution in [3.63, 3.8) is 0 Å². The second-order valence-electron chi connectivity index (χ2n) is 5.67. The van der Waals surface area contributed by atoms with Gasteiger partial charge in [0, 0.05) is 29.2 Å². The van der Waals surface area contributed by atoms with E-state index in [4.69, 9.17) is 0 Å². The van der Waals surface area contributed by atoms with Crippen LogP contribution < -0.4 is 0 Å². The fraction of sp³-hybridized carbons (Fsp3) is 0.211. The van der Waals surface area contributed by atoms with Crippen LogP contribution in [-0.2, 0) is 12.8 Å². The van der Waals surface area contributed by atoms with E-state index in [1.54, 1.807) is 0 Å². The molecule has 0 saturated carbocycles. The summed E-state index contributed by atoms with van der Waals surface area (Å²) in [5, 5.41) is 0. The molecule has 1 aromatic heterocycles. The number of imidazole rings is 1. The molecule has 0 spiro atoms. The third-order valence-electron chi connectivity index (χ3n) is 3.86. The van der Waals surface area contributed by atoms with E-state index in [1.807, 2.05) is 6.20 Å². The van der Waals surface area contributed by atoms with Crippen LogP contribution in [0.25, 0.3) is 0 Å². The van der Waals surface area contributed by atoms with Crippen LogP contribution in [0.4, 0.5) is 0 Å². The highest BCUT2D eigenvalue weighted by Gasteiger charge is 2.09. The topological polar surface area (TPSA) is 28.7 Å². The number of nitrogens with zero attached hydrogens (tertiary/aromatic N) is 1. The molecule has 2 nitrogen and oxygen atoms in total. The Hall–Kier alpha value is -1.87. The average Bonchev–Trinajstić information content (AvgIpc) is 2.97. The monoisotopic (exact) mass is 354 g/mol. The summed E-state index contributed by atoms with van der Waals surface area (Å²) < 4.78 is 1.11. The summed E-state index contributed by atoms with van der Waals surface area (Å²) in [6, 6.07) is 19.0. The first kappa shape index (κ1) is 15.0. The van der Waals surface area contributed by atoms with Crippen LogP contribution in [0.2, 0.25) is 0 Å². The quantitative estimate of drug-likeness (QED) is 0.677. The van der Waals surface area contributed by atoms with Gasteiger partial charge in [0.15, 0.2) is 0 Å². The van der Waals surface area contributed by atoms with E-state index in [-0.39, 0.29) is 0 Å². The standard InChI is InChI=1S/C19H19BrN2/c1-14(16-5-3-2-4-6-16)11-19-21-13-18(22-19)12-15-7-9-17(20)10-8-15/h2-10,13-14H,11-12H2,1H3,(H,21,22). The second-order valence-corrected chi connectivity index (χ2v) is 6.59. The van der Waals surface area contributed by atoms with Gasteiger partial charge in [0.2, 0.25) is 0 Å². The number of benzene rings is 2. The van der Waals surface area contributed by atoms with Crippen molar-refractivity contribution in [1.82, 2.24) is 9.97 Å². The predicted molar refractivity (Wildman–Crippen MR) is 94.1 cm³/mol. The molecule has 1 unspecified atom stereocenters. The number of rotatable bonds is 5. The predicted octanol–water partition coefficient (Wildman–Crippen LogP) is 5.11. The van der Waals surface area contributed by atoms with Gasteiger partial charge in [0.25, 0.3) is 0 Å². The Labute approximate surface area is 139 Å². The van der Waals surface area contributed by atoms with Crippen molar-refractivity contribution in [2.75, 3.05) is 0 Å². The number of halogens is 1. The first-order valence-electron chi connectivity index (χ1n) is 7.53. The van der Waals surface area contributed by atoms with Gasteiger partial charge in [-0.1, -0.05) is 65.3 Å². The van der Waals surface area contributed by atoms with Crippen LogP contribution in [0.3, 0.4) is 0 Å². The molecular weight excluding hydrogens is 336 g/mol. The van der Waals surface area contributed by atoms with Crippen molar-refractivity contribution >= 4 is 15.9 Å². The van der Waals surface area contributed by atoms with E-state index in [0.717, 1.165) is 28.8 Å². The highest BCUT2D eigenvalue weighted by molar-refractivity contribution is 9.10. The third kappa shape index (κ3) is 3.86. The van der Waals surface area contributed by atoms with Gasteiger partial charge in [0.1, 0.15) is 5.82 Å². The van der Waals surface area contributed by atoms with Crippen LogP contribution in [0.1, 0.15) is 35.5 Å². The number of hydrogen-bond donors (Lipinski definition) is 1. The zero-order valence-electron chi connectivity index (χ0n) is 12.6. The Balaban J connectivity index is 1.65. The van der Waals surface area contributed by atoms with E-state index in [9.17, 15) is 0 Å². The molecular formula is C19H19BrN2. The van der Waals surface area contributed by atoms with E-state index in [2.05, 4.69) is 87.4 Å². The molecule has 0 aliphatic rings. The first-order valence-corrected chi connectivity index (χ1v) is 8.32. The molecule has 2 aromatic carbocycles. The largest absolute Gasteiger partial charge is 0.346 e. The van der Waals surface area contributed by atoms with Gasteiger partial charge < -0.3 is 4.98 Å². The minimum Gasteiger partial charge on any atom is -0.346 e. The van der Waals surface area contributed by atoms with Crippen molar-refractivity contribution in [3.8, 4) is 0 Å². The highest BCUT2D eigenvalue weighted by Crippen LogP contribution is 2.19. The minimum absolute atomic E-state index is 0.466. The summed E-state index contributed by atoms with van der Waals surface area (Å²) in [4.78, 5) is 7.98.